The van der Waals surface area contributed by atoms with Crippen LogP contribution in [-0.4, -0.2) is 22.6 Å². The third-order valence-electron chi connectivity index (χ3n) is 8.65. The number of hydrogen-bond acceptors (Lipinski definition) is 1. The van der Waals surface area contributed by atoms with Crippen molar-refractivity contribution in [3.63, 3.8) is 0 Å². The highest BCUT2D eigenvalue weighted by Gasteiger charge is 2.26. The van der Waals surface area contributed by atoms with E-state index in [1.165, 1.54) is 44.1 Å². The van der Waals surface area contributed by atoms with Crippen LogP contribution in [0, 0.1) is 0 Å². The van der Waals surface area contributed by atoms with Gasteiger partial charge in [-0.05, 0) is 89.1 Å². The van der Waals surface area contributed by atoms with E-state index in [-0.39, 0.29) is 0 Å². The highest BCUT2D eigenvalue weighted by Crippen LogP contribution is 2.40. The van der Waals surface area contributed by atoms with Crippen molar-refractivity contribution in [1.29, 1.82) is 0 Å². The average Bonchev–Trinajstić information content (AvgIpc) is 3.31. The Balaban J connectivity index is 1.26. The molecule has 1 aliphatic heterocycles. The van der Waals surface area contributed by atoms with Crippen molar-refractivity contribution in [2.75, 3.05) is 13.1 Å². The summed E-state index contributed by atoms with van der Waals surface area (Å²) in [5.41, 5.74) is 7.69. The van der Waals surface area contributed by atoms with E-state index in [0.717, 1.165) is 54.6 Å². The van der Waals surface area contributed by atoms with Crippen LogP contribution in [-0.2, 0) is 13.1 Å². The number of benzene rings is 5. The minimum Gasteiger partial charge on any atom is -0.336 e. The van der Waals surface area contributed by atoms with Crippen molar-refractivity contribution in [2.45, 2.75) is 31.8 Å². The summed E-state index contributed by atoms with van der Waals surface area (Å²) in [7, 11) is 0. The molecule has 0 radical (unpaired) electrons. The molecule has 4 heteroatoms. The summed E-state index contributed by atoms with van der Waals surface area (Å²) >= 11 is 13.2. The maximum atomic E-state index is 6.58. The Labute approximate surface area is 251 Å². The van der Waals surface area contributed by atoms with Gasteiger partial charge >= 0.3 is 0 Å². The number of aromatic nitrogens is 1. The molecule has 6 aromatic rings. The highest BCUT2D eigenvalue weighted by atomic mass is 35.5. The molecule has 5 aromatic carbocycles. The van der Waals surface area contributed by atoms with Gasteiger partial charge in [0.2, 0.25) is 0 Å². The molecular formula is C37H32Cl2N2. The van der Waals surface area contributed by atoms with E-state index in [2.05, 4.69) is 107 Å². The van der Waals surface area contributed by atoms with Crippen LogP contribution in [0.1, 0.15) is 35.4 Å². The van der Waals surface area contributed by atoms with E-state index in [1.54, 1.807) is 0 Å². The summed E-state index contributed by atoms with van der Waals surface area (Å²) in [5, 5.41) is 5.48. The van der Waals surface area contributed by atoms with Crippen LogP contribution in [0.15, 0.2) is 115 Å². The minimum atomic E-state index is 0.398. The predicted octanol–water partition coefficient (Wildman–Crippen LogP) is 10.2. The molecule has 0 atom stereocenters. The SMILES string of the molecule is Clc1cccc(Cl)c1C1CCN(Cc2c(-c3ccccc3)n(Cc3ccc4ccccc4c3)c3ccccc23)CC1. The van der Waals surface area contributed by atoms with Gasteiger partial charge in [0.25, 0.3) is 0 Å². The summed E-state index contributed by atoms with van der Waals surface area (Å²) in [6, 6.07) is 41.1. The zero-order chi connectivity index (χ0) is 27.8. The molecule has 0 unspecified atom stereocenters. The van der Waals surface area contributed by atoms with Gasteiger partial charge in [-0.15, -0.1) is 0 Å². The highest BCUT2D eigenvalue weighted by molar-refractivity contribution is 6.36. The lowest BCUT2D eigenvalue weighted by atomic mass is 9.89. The largest absolute Gasteiger partial charge is 0.336 e. The van der Waals surface area contributed by atoms with Crippen LogP contribution >= 0.6 is 23.2 Å². The molecule has 1 aliphatic rings. The Morgan fingerprint density at radius 2 is 1.32 bits per heavy atom. The first kappa shape index (κ1) is 26.3. The lowest BCUT2D eigenvalue weighted by molar-refractivity contribution is 0.205. The van der Waals surface area contributed by atoms with Crippen LogP contribution < -0.4 is 0 Å². The fourth-order valence-electron chi connectivity index (χ4n) is 6.65. The number of piperidine rings is 1. The van der Waals surface area contributed by atoms with Crippen LogP contribution in [0.4, 0.5) is 0 Å². The summed E-state index contributed by atoms with van der Waals surface area (Å²) in [6.07, 6.45) is 2.11. The number of para-hydroxylation sites is 1. The summed E-state index contributed by atoms with van der Waals surface area (Å²) < 4.78 is 2.53. The third kappa shape index (κ3) is 5.17. The second-order valence-electron chi connectivity index (χ2n) is 11.2. The van der Waals surface area contributed by atoms with Crippen LogP contribution in [0.3, 0.4) is 0 Å². The number of nitrogens with zero attached hydrogens (tertiary/aromatic N) is 2. The first-order valence-electron chi connectivity index (χ1n) is 14.4. The fourth-order valence-corrected chi connectivity index (χ4v) is 7.36. The lowest BCUT2D eigenvalue weighted by Gasteiger charge is -2.33. The van der Waals surface area contributed by atoms with Crippen molar-refractivity contribution in [2.24, 2.45) is 0 Å². The number of hydrogen-bond donors (Lipinski definition) is 0. The summed E-state index contributed by atoms with van der Waals surface area (Å²) in [5.74, 6) is 0.398. The monoisotopic (exact) mass is 574 g/mol. The first-order chi connectivity index (χ1) is 20.2. The van der Waals surface area contributed by atoms with Crippen molar-refractivity contribution < 1.29 is 0 Å². The molecule has 41 heavy (non-hydrogen) atoms. The quantitative estimate of drug-likeness (QED) is 0.192. The van der Waals surface area contributed by atoms with Crippen molar-refractivity contribution in [3.05, 3.63) is 142 Å². The van der Waals surface area contributed by atoms with Gasteiger partial charge in [0.15, 0.2) is 0 Å². The van der Waals surface area contributed by atoms with Gasteiger partial charge in [-0.1, -0.05) is 114 Å². The second-order valence-corrected chi connectivity index (χ2v) is 12.0. The van der Waals surface area contributed by atoms with E-state index in [0.29, 0.717) is 5.92 Å². The van der Waals surface area contributed by atoms with Gasteiger partial charge in [-0.3, -0.25) is 4.90 Å². The van der Waals surface area contributed by atoms with Gasteiger partial charge in [-0.2, -0.15) is 0 Å². The first-order valence-corrected chi connectivity index (χ1v) is 15.2. The summed E-state index contributed by atoms with van der Waals surface area (Å²) in [4.78, 5) is 2.61. The van der Waals surface area contributed by atoms with E-state index in [1.807, 2.05) is 18.2 Å². The molecule has 0 amide bonds. The Hall–Kier alpha value is -3.56. The fraction of sp³-hybridized carbons (Fsp3) is 0.189. The molecule has 1 fully saturated rings. The second kappa shape index (κ2) is 11.4. The zero-order valence-corrected chi connectivity index (χ0v) is 24.5. The molecule has 0 saturated carbocycles. The van der Waals surface area contributed by atoms with Gasteiger partial charge in [0, 0.05) is 34.0 Å². The number of rotatable bonds is 6. The Bertz CT molecular complexity index is 1810. The van der Waals surface area contributed by atoms with E-state index >= 15 is 0 Å². The van der Waals surface area contributed by atoms with Crippen molar-refractivity contribution in [3.8, 4) is 11.3 Å². The normalized spacial score (nSPS) is 14.7. The molecule has 7 rings (SSSR count). The summed E-state index contributed by atoms with van der Waals surface area (Å²) in [6.45, 7) is 3.77. The number of fused-ring (bicyclic) bond motifs is 2. The number of likely N-dealkylation sites (tertiary alicyclic amines) is 1. The molecule has 0 aliphatic carbocycles. The topological polar surface area (TPSA) is 8.17 Å². The average molecular weight is 576 g/mol. The molecule has 1 aromatic heterocycles. The van der Waals surface area contributed by atoms with E-state index in [9.17, 15) is 0 Å². The van der Waals surface area contributed by atoms with Gasteiger partial charge < -0.3 is 4.57 Å². The maximum Gasteiger partial charge on any atom is 0.0540 e. The maximum absolute atomic E-state index is 6.58. The lowest BCUT2D eigenvalue weighted by Crippen LogP contribution is -2.32. The van der Waals surface area contributed by atoms with Crippen LogP contribution in [0.2, 0.25) is 10.0 Å². The minimum absolute atomic E-state index is 0.398. The van der Waals surface area contributed by atoms with E-state index < -0.39 is 0 Å². The zero-order valence-electron chi connectivity index (χ0n) is 22.9. The van der Waals surface area contributed by atoms with Crippen molar-refractivity contribution in [1.82, 2.24) is 9.47 Å². The van der Waals surface area contributed by atoms with Gasteiger partial charge in [0.1, 0.15) is 0 Å². The Kier molecular flexibility index (Phi) is 7.31. The van der Waals surface area contributed by atoms with E-state index in [4.69, 9.17) is 23.2 Å². The predicted molar refractivity (Wildman–Crippen MR) is 174 cm³/mol. The molecule has 0 N–H and O–H groups in total. The molecule has 0 spiro atoms. The Morgan fingerprint density at radius 1 is 0.634 bits per heavy atom. The van der Waals surface area contributed by atoms with Gasteiger partial charge in [-0.25, -0.2) is 0 Å². The smallest absolute Gasteiger partial charge is 0.0540 e. The van der Waals surface area contributed by atoms with Crippen molar-refractivity contribution >= 4 is 44.9 Å². The van der Waals surface area contributed by atoms with Gasteiger partial charge in [0.05, 0.1) is 5.69 Å². The van der Waals surface area contributed by atoms with Crippen LogP contribution in [0.5, 0.6) is 0 Å². The molecule has 1 saturated heterocycles. The van der Waals surface area contributed by atoms with Crippen LogP contribution in [0.25, 0.3) is 32.9 Å². The number of halogens is 2. The molecule has 2 heterocycles. The molecule has 204 valence electrons. The third-order valence-corrected chi connectivity index (χ3v) is 9.31. The molecule has 0 bridgehead atoms. The Morgan fingerprint density at radius 3 is 2.10 bits per heavy atom. The standard InChI is InChI=1S/C37H32Cl2N2/c38-33-14-8-15-34(39)36(33)28-19-21-40(22-20-28)25-32-31-13-6-7-16-35(31)41(37(32)29-10-2-1-3-11-29)24-26-17-18-27-9-4-5-12-30(27)23-26/h1-18,23,28H,19-22,24-25H2. The molecular weight excluding hydrogens is 543 g/mol. The molecule has 2 nitrogen and oxygen atoms in total.